The summed E-state index contributed by atoms with van der Waals surface area (Å²) in [6.07, 6.45) is 0.934. The van der Waals surface area contributed by atoms with Crippen molar-refractivity contribution in [3.63, 3.8) is 0 Å². The lowest BCUT2D eigenvalue weighted by molar-refractivity contribution is 0.547. The van der Waals surface area contributed by atoms with E-state index in [-0.39, 0.29) is 6.04 Å². The summed E-state index contributed by atoms with van der Waals surface area (Å²) in [6.45, 7) is 2.16. The average molecular weight is 316 g/mol. The molecule has 0 spiro atoms. The van der Waals surface area contributed by atoms with Crippen molar-refractivity contribution in [2.45, 2.75) is 25.3 Å². The number of alkyl halides is 1. The quantitative estimate of drug-likeness (QED) is 0.665. The maximum Gasteiger partial charge on any atom is 0.125 e. The number of nitrogens with zero attached hydrogens (tertiary/aromatic N) is 3. The third-order valence-corrected chi connectivity index (χ3v) is 4.69. The maximum absolute atomic E-state index is 9.22. The molecule has 3 nitrogen and oxygen atoms in total. The third kappa shape index (κ3) is 2.55. The van der Waals surface area contributed by atoms with E-state index < -0.39 is 0 Å². The largest absolute Gasteiger partial charge is 0.324 e. The standard InChI is InChI=1S/C16H14ClN3S/c1-11(8-13-5-3-7-21-13)20-14-6-2-4-12(10-18)16(14)19-15(20)9-17/h2-7,11H,8-9H2,1H3. The molecule has 1 unspecified atom stereocenters. The Morgan fingerprint density at radius 1 is 1.38 bits per heavy atom. The molecule has 21 heavy (non-hydrogen) atoms. The Morgan fingerprint density at radius 2 is 2.24 bits per heavy atom. The van der Waals surface area contributed by atoms with Crippen molar-refractivity contribution in [2.24, 2.45) is 0 Å². The number of nitriles is 1. The van der Waals surface area contributed by atoms with Crippen LogP contribution in [-0.2, 0) is 12.3 Å². The number of hydrogen-bond donors (Lipinski definition) is 0. The highest BCUT2D eigenvalue weighted by atomic mass is 35.5. The molecule has 0 radical (unpaired) electrons. The highest BCUT2D eigenvalue weighted by molar-refractivity contribution is 7.09. The molecule has 0 aliphatic carbocycles. The summed E-state index contributed by atoms with van der Waals surface area (Å²) in [6, 6.07) is 12.3. The number of fused-ring (bicyclic) bond motifs is 1. The van der Waals surface area contributed by atoms with Crippen LogP contribution >= 0.6 is 22.9 Å². The predicted molar refractivity (Wildman–Crippen MR) is 86.7 cm³/mol. The van der Waals surface area contributed by atoms with Crippen LogP contribution in [0.1, 0.15) is 29.2 Å². The van der Waals surface area contributed by atoms with E-state index in [4.69, 9.17) is 11.6 Å². The fourth-order valence-corrected chi connectivity index (χ4v) is 3.67. The van der Waals surface area contributed by atoms with Crippen molar-refractivity contribution in [3.05, 3.63) is 52.0 Å². The Morgan fingerprint density at radius 3 is 2.90 bits per heavy atom. The molecule has 0 aliphatic heterocycles. The lowest BCUT2D eigenvalue weighted by Gasteiger charge is -2.16. The summed E-state index contributed by atoms with van der Waals surface area (Å²) >= 11 is 7.82. The van der Waals surface area contributed by atoms with E-state index in [2.05, 4.69) is 40.1 Å². The van der Waals surface area contributed by atoms with Gasteiger partial charge >= 0.3 is 0 Å². The molecular formula is C16H14ClN3S. The van der Waals surface area contributed by atoms with Crippen LogP contribution in [0.3, 0.4) is 0 Å². The van der Waals surface area contributed by atoms with E-state index in [1.807, 2.05) is 12.1 Å². The van der Waals surface area contributed by atoms with Gasteiger partial charge in [0.25, 0.3) is 0 Å². The molecule has 2 aromatic heterocycles. The first-order valence-corrected chi connectivity index (χ1v) is 8.14. The van der Waals surface area contributed by atoms with Gasteiger partial charge in [-0.05, 0) is 30.5 Å². The smallest absolute Gasteiger partial charge is 0.125 e. The molecule has 106 valence electrons. The van der Waals surface area contributed by atoms with Crippen molar-refractivity contribution < 1.29 is 0 Å². The van der Waals surface area contributed by atoms with Crippen LogP contribution in [0.4, 0.5) is 0 Å². The summed E-state index contributed by atoms with van der Waals surface area (Å²) in [5, 5.41) is 11.3. The molecule has 0 fully saturated rings. The highest BCUT2D eigenvalue weighted by Crippen LogP contribution is 2.27. The van der Waals surface area contributed by atoms with Crippen LogP contribution in [0, 0.1) is 11.3 Å². The van der Waals surface area contributed by atoms with Gasteiger partial charge in [0.1, 0.15) is 17.4 Å². The second-order valence-electron chi connectivity index (χ2n) is 4.95. The molecule has 0 saturated carbocycles. The monoisotopic (exact) mass is 315 g/mol. The van der Waals surface area contributed by atoms with E-state index >= 15 is 0 Å². The molecule has 0 amide bonds. The van der Waals surface area contributed by atoms with Gasteiger partial charge < -0.3 is 4.57 Å². The van der Waals surface area contributed by atoms with Crippen LogP contribution in [0.15, 0.2) is 35.7 Å². The van der Waals surface area contributed by atoms with Gasteiger partial charge in [0.05, 0.1) is 17.0 Å². The van der Waals surface area contributed by atoms with Crippen LogP contribution in [0.5, 0.6) is 0 Å². The lowest BCUT2D eigenvalue weighted by atomic mass is 10.1. The minimum Gasteiger partial charge on any atom is -0.324 e. The second-order valence-corrected chi connectivity index (χ2v) is 6.25. The molecule has 1 aromatic carbocycles. The van der Waals surface area contributed by atoms with Gasteiger partial charge in [0, 0.05) is 17.3 Å². The zero-order valence-corrected chi connectivity index (χ0v) is 13.2. The number of halogens is 1. The van der Waals surface area contributed by atoms with E-state index in [0.29, 0.717) is 11.4 Å². The Bertz CT molecular complexity index is 799. The first-order chi connectivity index (χ1) is 10.2. The first kappa shape index (κ1) is 14.1. The van der Waals surface area contributed by atoms with Gasteiger partial charge in [-0.1, -0.05) is 12.1 Å². The highest BCUT2D eigenvalue weighted by Gasteiger charge is 2.17. The topological polar surface area (TPSA) is 41.6 Å². The number of aromatic nitrogens is 2. The van der Waals surface area contributed by atoms with Gasteiger partial charge in [-0.15, -0.1) is 22.9 Å². The molecule has 3 aromatic rings. The Labute approximate surface area is 132 Å². The summed E-state index contributed by atoms with van der Waals surface area (Å²) in [4.78, 5) is 5.90. The molecule has 5 heteroatoms. The third-order valence-electron chi connectivity index (χ3n) is 3.55. The van der Waals surface area contributed by atoms with Crippen molar-refractivity contribution in [3.8, 4) is 6.07 Å². The zero-order valence-electron chi connectivity index (χ0n) is 11.6. The molecular weight excluding hydrogens is 302 g/mol. The molecule has 0 aliphatic rings. The van der Waals surface area contributed by atoms with Crippen LogP contribution < -0.4 is 0 Å². The molecule has 0 saturated heterocycles. The van der Waals surface area contributed by atoms with E-state index in [1.165, 1.54) is 4.88 Å². The predicted octanol–water partition coefficient (Wildman–Crippen LogP) is 4.51. The summed E-state index contributed by atoms with van der Waals surface area (Å²) in [5.41, 5.74) is 2.32. The summed E-state index contributed by atoms with van der Waals surface area (Å²) < 4.78 is 2.16. The Hall–Kier alpha value is -1.83. The van der Waals surface area contributed by atoms with Gasteiger partial charge in [0.15, 0.2) is 0 Å². The number of benzene rings is 1. The van der Waals surface area contributed by atoms with Crippen molar-refractivity contribution in [2.75, 3.05) is 0 Å². The van der Waals surface area contributed by atoms with Crippen LogP contribution in [-0.4, -0.2) is 9.55 Å². The van der Waals surface area contributed by atoms with Gasteiger partial charge in [-0.3, -0.25) is 0 Å². The summed E-state index contributed by atoms with van der Waals surface area (Å²) in [5.74, 6) is 1.16. The van der Waals surface area contributed by atoms with Crippen LogP contribution in [0.2, 0.25) is 0 Å². The average Bonchev–Trinajstić information content (AvgIpc) is 3.12. The van der Waals surface area contributed by atoms with Gasteiger partial charge in [-0.25, -0.2) is 4.98 Å². The number of hydrogen-bond acceptors (Lipinski definition) is 3. The van der Waals surface area contributed by atoms with E-state index in [0.717, 1.165) is 23.3 Å². The number of para-hydroxylation sites is 1. The van der Waals surface area contributed by atoms with E-state index in [9.17, 15) is 5.26 Å². The Balaban J connectivity index is 2.10. The van der Waals surface area contributed by atoms with Gasteiger partial charge in [-0.2, -0.15) is 5.26 Å². The first-order valence-electron chi connectivity index (χ1n) is 6.73. The minimum atomic E-state index is 0.247. The molecule has 0 bridgehead atoms. The SMILES string of the molecule is CC(Cc1cccs1)n1c(CCl)nc2c(C#N)cccc21. The minimum absolute atomic E-state index is 0.247. The number of thiophene rings is 1. The maximum atomic E-state index is 9.22. The van der Waals surface area contributed by atoms with Crippen molar-refractivity contribution >= 4 is 34.0 Å². The van der Waals surface area contributed by atoms with Crippen molar-refractivity contribution in [1.82, 2.24) is 9.55 Å². The second kappa shape index (κ2) is 5.88. The number of imidazole rings is 1. The van der Waals surface area contributed by atoms with E-state index in [1.54, 1.807) is 17.4 Å². The molecule has 2 heterocycles. The van der Waals surface area contributed by atoms with Crippen LogP contribution in [0.25, 0.3) is 11.0 Å². The molecule has 0 N–H and O–H groups in total. The lowest BCUT2D eigenvalue weighted by Crippen LogP contribution is -2.10. The normalized spacial score (nSPS) is 12.4. The zero-order chi connectivity index (χ0) is 14.8. The summed E-state index contributed by atoms with van der Waals surface area (Å²) in [7, 11) is 0. The Kier molecular flexibility index (Phi) is 3.96. The fraction of sp³-hybridized carbons (Fsp3) is 0.250. The van der Waals surface area contributed by atoms with Crippen molar-refractivity contribution in [1.29, 1.82) is 5.26 Å². The molecule has 1 atom stereocenters. The fourth-order valence-electron chi connectivity index (χ4n) is 2.65. The molecule has 3 rings (SSSR count). The van der Waals surface area contributed by atoms with Gasteiger partial charge in [0.2, 0.25) is 0 Å². The number of rotatable bonds is 4.